The zero-order chi connectivity index (χ0) is 22.4. The molecule has 30 heavy (non-hydrogen) atoms. The number of rotatable bonds is 10. The van der Waals surface area contributed by atoms with E-state index in [2.05, 4.69) is 42.1 Å². The number of hydrogen-bond acceptors (Lipinski definition) is 12. The van der Waals surface area contributed by atoms with E-state index in [-0.39, 0.29) is 0 Å². The number of aromatic nitrogens is 6. The molecule has 1 N–H and O–H groups in total. The number of hydrogen-bond donors (Lipinski definition) is 1. The Labute approximate surface area is 179 Å². The minimum Gasteiger partial charge on any atom is -0.357 e. The lowest BCUT2D eigenvalue weighted by molar-refractivity contribution is 0.772. The minimum absolute atomic E-state index is 0.481. The molecule has 0 atom stereocenters. The zero-order valence-electron chi connectivity index (χ0n) is 19.5. The Bertz CT molecular complexity index is 827. The van der Waals surface area contributed by atoms with E-state index in [1.807, 2.05) is 73.7 Å². The van der Waals surface area contributed by atoms with Gasteiger partial charge >= 0.3 is 0 Å². The van der Waals surface area contributed by atoms with Gasteiger partial charge in [-0.25, -0.2) is 0 Å². The molecular formula is C18H34N12. The van der Waals surface area contributed by atoms with Gasteiger partial charge in [-0.2, -0.15) is 29.9 Å². The highest BCUT2D eigenvalue weighted by Gasteiger charge is 2.17. The average molecular weight is 419 g/mol. The fourth-order valence-electron chi connectivity index (χ4n) is 2.42. The molecule has 0 aliphatic rings. The van der Waals surface area contributed by atoms with Gasteiger partial charge in [0.25, 0.3) is 0 Å². The molecule has 0 aliphatic heterocycles. The van der Waals surface area contributed by atoms with Crippen molar-refractivity contribution in [2.24, 2.45) is 0 Å². The topological polar surface area (TPSA) is 106 Å². The van der Waals surface area contributed by atoms with Crippen LogP contribution in [0.25, 0.3) is 0 Å². The van der Waals surface area contributed by atoms with Crippen LogP contribution in [0.1, 0.15) is 13.8 Å². The van der Waals surface area contributed by atoms with Gasteiger partial charge in [0.1, 0.15) is 0 Å². The molecule has 0 amide bonds. The smallest absolute Gasteiger partial charge is 0.233 e. The molecule has 0 fully saturated rings. The molecule has 0 unspecified atom stereocenters. The van der Waals surface area contributed by atoms with Crippen molar-refractivity contribution in [2.75, 3.05) is 98.9 Å². The van der Waals surface area contributed by atoms with Crippen LogP contribution in [0, 0.1) is 0 Å². The van der Waals surface area contributed by atoms with Crippen LogP contribution < -0.4 is 29.8 Å². The summed E-state index contributed by atoms with van der Waals surface area (Å²) in [5.74, 6) is 3.50. The Hall–Kier alpha value is -3.18. The van der Waals surface area contributed by atoms with E-state index < -0.39 is 0 Å². The van der Waals surface area contributed by atoms with E-state index in [1.165, 1.54) is 0 Å². The summed E-state index contributed by atoms with van der Waals surface area (Å²) in [4.78, 5) is 36.9. The second kappa shape index (κ2) is 10.0. The quantitative estimate of drug-likeness (QED) is 0.546. The standard InChI is InChI=1S/C18H34N12/c1-10-27(6)15-20-13(19-3)21-16(24-15)29(8)12-30(9)18-23-14(26(4)5)22-17(25-18)28(7)11-2/h10-12H2,1-9H3,(H,19,20,21,24). The third kappa shape index (κ3) is 5.45. The van der Waals surface area contributed by atoms with Gasteiger partial charge in [0, 0.05) is 62.4 Å². The van der Waals surface area contributed by atoms with Gasteiger partial charge in [-0.1, -0.05) is 0 Å². The first-order valence-electron chi connectivity index (χ1n) is 9.91. The molecule has 0 aliphatic carbocycles. The molecular weight excluding hydrogens is 384 g/mol. The molecule has 12 nitrogen and oxygen atoms in total. The summed E-state index contributed by atoms with van der Waals surface area (Å²) in [6.45, 7) is 6.18. The fraction of sp³-hybridized carbons (Fsp3) is 0.667. The molecule has 2 aromatic heterocycles. The highest BCUT2D eigenvalue weighted by molar-refractivity contribution is 5.48. The SMILES string of the molecule is CCN(C)c1nc(NC)nc(N(C)CN(C)c2nc(N(C)C)nc(N(C)CC)n2)n1. The molecule has 0 aromatic carbocycles. The molecule has 0 spiro atoms. The second-order valence-corrected chi connectivity index (χ2v) is 7.20. The highest BCUT2D eigenvalue weighted by Crippen LogP contribution is 2.19. The molecule has 2 heterocycles. The first kappa shape index (κ1) is 23.1. The second-order valence-electron chi connectivity index (χ2n) is 7.20. The van der Waals surface area contributed by atoms with Crippen LogP contribution in [0.4, 0.5) is 35.7 Å². The Balaban J connectivity index is 2.31. The van der Waals surface area contributed by atoms with Crippen molar-refractivity contribution in [1.82, 2.24) is 29.9 Å². The van der Waals surface area contributed by atoms with Crippen LogP contribution in [-0.2, 0) is 0 Å². The van der Waals surface area contributed by atoms with Crippen LogP contribution in [0.5, 0.6) is 0 Å². The van der Waals surface area contributed by atoms with Gasteiger partial charge in [0.15, 0.2) is 0 Å². The molecule has 0 radical (unpaired) electrons. The molecule has 0 saturated carbocycles. The Morgan fingerprint density at radius 2 is 0.933 bits per heavy atom. The maximum absolute atomic E-state index is 4.63. The summed E-state index contributed by atoms with van der Waals surface area (Å²) in [6, 6.07) is 0. The van der Waals surface area contributed by atoms with Crippen LogP contribution in [0.15, 0.2) is 0 Å². The molecule has 0 bridgehead atoms. The third-order valence-corrected chi connectivity index (χ3v) is 4.57. The largest absolute Gasteiger partial charge is 0.357 e. The van der Waals surface area contributed by atoms with Crippen molar-refractivity contribution in [2.45, 2.75) is 13.8 Å². The lowest BCUT2D eigenvalue weighted by Crippen LogP contribution is -2.36. The van der Waals surface area contributed by atoms with Crippen molar-refractivity contribution < 1.29 is 0 Å². The predicted molar refractivity (Wildman–Crippen MR) is 123 cm³/mol. The van der Waals surface area contributed by atoms with E-state index in [0.717, 1.165) is 13.1 Å². The van der Waals surface area contributed by atoms with Crippen LogP contribution >= 0.6 is 0 Å². The summed E-state index contributed by atoms with van der Waals surface area (Å²) in [6.07, 6.45) is 0. The van der Waals surface area contributed by atoms with E-state index in [9.17, 15) is 0 Å². The number of anilines is 6. The van der Waals surface area contributed by atoms with Gasteiger partial charge in [0.2, 0.25) is 35.7 Å². The van der Waals surface area contributed by atoms with Crippen molar-refractivity contribution in [3.63, 3.8) is 0 Å². The van der Waals surface area contributed by atoms with Gasteiger partial charge in [-0.05, 0) is 13.8 Å². The Morgan fingerprint density at radius 1 is 0.567 bits per heavy atom. The molecule has 166 valence electrons. The third-order valence-electron chi connectivity index (χ3n) is 4.57. The van der Waals surface area contributed by atoms with Gasteiger partial charge < -0.3 is 29.8 Å². The monoisotopic (exact) mass is 418 g/mol. The summed E-state index contributed by atoms with van der Waals surface area (Å²) < 4.78 is 0. The van der Waals surface area contributed by atoms with Crippen molar-refractivity contribution in [1.29, 1.82) is 0 Å². The van der Waals surface area contributed by atoms with E-state index in [0.29, 0.717) is 42.4 Å². The van der Waals surface area contributed by atoms with Crippen LogP contribution in [-0.4, -0.2) is 99.0 Å². The molecule has 12 heteroatoms. The van der Waals surface area contributed by atoms with Crippen molar-refractivity contribution in [3.8, 4) is 0 Å². The molecule has 2 aromatic rings. The van der Waals surface area contributed by atoms with E-state index >= 15 is 0 Å². The van der Waals surface area contributed by atoms with Gasteiger partial charge in [-0.15, -0.1) is 0 Å². The normalized spacial score (nSPS) is 10.6. The summed E-state index contributed by atoms with van der Waals surface area (Å²) >= 11 is 0. The van der Waals surface area contributed by atoms with Crippen molar-refractivity contribution >= 4 is 35.7 Å². The first-order chi connectivity index (χ1) is 14.2. The molecule has 2 rings (SSSR count). The van der Waals surface area contributed by atoms with E-state index in [1.54, 1.807) is 7.05 Å². The summed E-state index contributed by atoms with van der Waals surface area (Å²) in [7, 11) is 13.4. The lowest BCUT2D eigenvalue weighted by Gasteiger charge is -2.27. The van der Waals surface area contributed by atoms with Crippen molar-refractivity contribution in [3.05, 3.63) is 0 Å². The van der Waals surface area contributed by atoms with Gasteiger partial charge in [-0.3, -0.25) is 0 Å². The molecule has 0 saturated heterocycles. The maximum Gasteiger partial charge on any atom is 0.233 e. The maximum atomic E-state index is 4.63. The van der Waals surface area contributed by atoms with Crippen LogP contribution in [0.2, 0.25) is 0 Å². The minimum atomic E-state index is 0.481. The number of nitrogens with one attached hydrogen (secondary N) is 1. The zero-order valence-corrected chi connectivity index (χ0v) is 19.5. The summed E-state index contributed by atoms with van der Waals surface area (Å²) in [5.41, 5.74) is 0. The highest BCUT2D eigenvalue weighted by atomic mass is 15.4. The average Bonchev–Trinajstić information content (AvgIpc) is 2.76. The van der Waals surface area contributed by atoms with Gasteiger partial charge in [0.05, 0.1) is 6.67 Å². The summed E-state index contributed by atoms with van der Waals surface area (Å²) in [5, 5.41) is 3.00. The van der Waals surface area contributed by atoms with E-state index in [4.69, 9.17) is 0 Å². The fourth-order valence-corrected chi connectivity index (χ4v) is 2.42. The van der Waals surface area contributed by atoms with Crippen LogP contribution in [0.3, 0.4) is 0 Å². The number of nitrogens with zero attached hydrogens (tertiary/aromatic N) is 11. The Kier molecular flexibility index (Phi) is 7.72. The Morgan fingerprint density at radius 3 is 1.33 bits per heavy atom. The lowest BCUT2D eigenvalue weighted by atomic mass is 10.6. The first-order valence-corrected chi connectivity index (χ1v) is 9.91. The predicted octanol–water partition coefficient (Wildman–Crippen LogP) is 0.607.